The Bertz CT molecular complexity index is 1050. The Balaban J connectivity index is 1.80. The molecule has 2 aliphatic heterocycles. The lowest BCUT2D eigenvalue weighted by atomic mass is 10.1. The highest BCUT2D eigenvalue weighted by Crippen LogP contribution is 2.40. The van der Waals surface area contributed by atoms with E-state index in [1.54, 1.807) is 18.4 Å². The molecule has 2 aromatic heterocycles. The van der Waals surface area contributed by atoms with Crippen molar-refractivity contribution in [2.45, 2.75) is 44.2 Å². The van der Waals surface area contributed by atoms with Crippen LogP contribution in [0, 0.1) is 4.64 Å². The van der Waals surface area contributed by atoms with E-state index in [1.165, 1.54) is 6.33 Å². The van der Waals surface area contributed by atoms with Gasteiger partial charge in [0.25, 0.3) is 10.1 Å². The average Bonchev–Trinajstić information content (AvgIpc) is 3.07. The molecule has 13 heteroatoms. The van der Waals surface area contributed by atoms with Crippen molar-refractivity contribution in [3.8, 4) is 0 Å². The Morgan fingerprint density at radius 1 is 1.48 bits per heavy atom. The van der Waals surface area contributed by atoms with Gasteiger partial charge in [-0.1, -0.05) is 12.2 Å². The Morgan fingerprint density at radius 2 is 2.22 bits per heavy atom. The number of nitrogens with zero attached hydrogens (tertiary/aromatic N) is 3. The molecule has 2 saturated heterocycles. The quantitative estimate of drug-likeness (QED) is 0.534. The number of aromatic amines is 1. The van der Waals surface area contributed by atoms with Crippen LogP contribution in [0.2, 0.25) is 0 Å². The predicted molar refractivity (Wildman–Crippen MR) is 95.7 cm³/mol. The Kier molecular flexibility index (Phi) is 4.29. The minimum atomic E-state index is -3.79. The minimum absolute atomic E-state index is 0.103. The van der Waals surface area contributed by atoms with Crippen molar-refractivity contribution in [1.82, 2.24) is 19.5 Å². The third kappa shape index (κ3) is 3.46. The van der Waals surface area contributed by atoms with E-state index in [0.717, 1.165) is 6.26 Å². The number of aromatic nitrogens is 4. The minimum Gasteiger partial charge on any atom is -0.369 e. The summed E-state index contributed by atoms with van der Waals surface area (Å²) in [4.78, 5) is 11.1. The van der Waals surface area contributed by atoms with Crippen LogP contribution in [-0.2, 0) is 28.5 Å². The molecule has 0 spiro atoms. The monoisotopic (exact) mass is 417 g/mol. The number of H-pyrrole nitrogens is 1. The molecule has 4 atom stereocenters. The summed E-state index contributed by atoms with van der Waals surface area (Å²) in [6.07, 6.45) is -0.553. The summed E-state index contributed by atoms with van der Waals surface area (Å²) in [7, 11) is -3.79. The van der Waals surface area contributed by atoms with Gasteiger partial charge < -0.3 is 24.9 Å². The van der Waals surface area contributed by atoms with Crippen LogP contribution in [-0.4, -0.2) is 64.9 Å². The molecule has 0 bridgehead atoms. The van der Waals surface area contributed by atoms with Crippen molar-refractivity contribution >= 4 is 39.4 Å². The molecule has 0 unspecified atom stereocenters. The van der Waals surface area contributed by atoms with Crippen molar-refractivity contribution in [3.63, 3.8) is 0 Å². The molecular weight excluding hydrogens is 398 g/mol. The molecule has 11 nitrogen and oxygen atoms in total. The van der Waals surface area contributed by atoms with E-state index in [0.29, 0.717) is 11.2 Å². The maximum absolute atomic E-state index is 11.9. The number of imidazole rings is 1. The van der Waals surface area contributed by atoms with Crippen LogP contribution in [0.1, 0.15) is 20.1 Å². The summed E-state index contributed by atoms with van der Waals surface area (Å²) >= 11 is 5.18. The van der Waals surface area contributed by atoms with Crippen LogP contribution >= 0.6 is 12.2 Å². The Hall–Kier alpha value is -1.64. The molecule has 2 fully saturated rings. The van der Waals surface area contributed by atoms with Crippen LogP contribution < -0.4 is 5.73 Å². The lowest BCUT2D eigenvalue weighted by molar-refractivity contribution is -0.299. The summed E-state index contributed by atoms with van der Waals surface area (Å²) in [5.41, 5.74) is 6.61. The van der Waals surface area contributed by atoms with E-state index in [9.17, 15) is 8.42 Å². The van der Waals surface area contributed by atoms with Crippen LogP contribution in [0.5, 0.6) is 0 Å². The largest absolute Gasteiger partial charge is 0.369 e. The summed E-state index contributed by atoms with van der Waals surface area (Å²) in [6, 6.07) is 0. The van der Waals surface area contributed by atoms with Gasteiger partial charge in [-0.25, -0.2) is 9.97 Å². The number of nitrogens with one attached hydrogen (secondary N) is 1. The Morgan fingerprint density at radius 3 is 2.93 bits per heavy atom. The highest BCUT2D eigenvalue weighted by atomic mass is 32.2. The van der Waals surface area contributed by atoms with Crippen LogP contribution in [0.4, 0.5) is 5.95 Å². The maximum atomic E-state index is 11.9. The highest BCUT2D eigenvalue weighted by Gasteiger charge is 2.54. The lowest BCUT2D eigenvalue weighted by Gasteiger charge is -2.38. The first-order valence-corrected chi connectivity index (χ1v) is 10.3. The van der Waals surface area contributed by atoms with Gasteiger partial charge in [0, 0.05) is 0 Å². The van der Waals surface area contributed by atoms with Gasteiger partial charge >= 0.3 is 0 Å². The summed E-state index contributed by atoms with van der Waals surface area (Å²) in [6.45, 7) is 3.71. The van der Waals surface area contributed by atoms with Crippen molar-refractivity contribution in [1.29, 1.82) is 0 Å². The average molecular weight is 417 g/mol. The zero-order valence-electron chi connectivity index (χ0n) is 14.8. The molecule has 3 N–H and O–H groups in total. The Labute approximate surface area is 159 Å². The van der Waals surface area contributed by atoms with Gasteiger partial charge in [0.1, 0.15) is 23.4 Å². The predicted octanol–water partition coefficient (Wildman–Crippen LogP) is 0.465. The fourth-order valence-electron chi connectivity index (χ4n) is 3.30. The van der Waals surface area contributed by atoms with Crippen molar-refractivity contribution in [2.24, 2.45) is 0 Å². The van der Waals surface area contributed by atoms with Gasteiger partial charge in [-0.3, -0.25) is 8.75 Å². The van der Waals surface area contributed by atoms with Crippen molar-refractivity contribution in [2.75, 3.05) is 18.6 Å². The molecule has 0 amide bonds. The van der Waals surface area contributed by atoms with E-state index in [-0.39, 0.29) is 17.2 Å². The zero-order chi connectivity index (χ0) is 19.6. The van der Waals surface area contributed by atoms with E-state index < -0.39 is 40.4 Å². The third-order valence-electron chi connectivity index (χ3n) is 4.33. The SMILES string of the molecule is CC1(C)OC[C@@H]2O[C@@H](n3cnc4c(=S)nc(N)[nH]c43)[C@@H](OS(C)(=O)=O)[C@H]2O1. The molecule has 27 heavy (non-hydrogen) atoms. The second-order valence-electron chi connectivity index (χ2n) is 6.90. The number of rotatable bonds is 3. The normalized spacial score (nSPS) is 30.5. The second-order valence-corrected chi connectivity index (χ2v) is 8.89. The number of ether oxygens (including phenoxy) is 3. The van der Waals surface area contributed by atoms with E-state index in [1.807, 2.05) is 0 Å². The first kappa shape index (κ1) is 18.7. The van der Waals surface area contributed by atoms with E-state index in [2.05, 4.69) is 15.0 Å². The fraction of sp³-hybridized carbons (Fsp3) is 0.643. The molecule has 0 radical (unpaired) electrons. The molecular formula is C14H19N5O6S2. The van der Waals surface area contributed by atoms with Gasteiger partial charge in [0.2, 0.25) is 0 Å². The number of fused-ring (bicyclic) bond motifs is 2. The number of hydrogen-bond acceptors (Lipinski definition) is 10. The highest BCUT2D eigenvalue weighted by molar-refractivity contribution is 7.86. The number of hydrogen-bond donors (Lipinski definition) is 2. The standard InChI is InChI=1S/C14H19N5O6S2/c1-14(2)22-4-6-8(24-14)9(25-27(3,20)21)12(23-6)19-5-16-7-10(19)17-13(15)18-11(7)26/h5-6,8-9,12H,4H2,1-3H3,(H3,15,17,18,26)/t6-,8-,9-,12+/m0/s1. The number of nitrogen functional groups attached to an aromatic ring is 1. The summed E-state index contributed by atoms with van der Waals surface area (Å²) < 4.78 is 48.4. The second kappa shape index (κ2) is 6.18. The van der Waals surface area contributed by atoms with Gasteiger partial charge in [0.15, 0.2) is 28.7 Å². The summed E-state index contributed by atoms with van der Waals surface area (Å²) in [5, 5.41) is 0. The topological polar surface area (TPSA) is 144 Å². The van der Waals surface area contributed by atoms with Crippen LogP contribution in [0.3, 0.4) is 0 Å². The number of nitrogens with two attached hydrogens (primary N) is 1. The summed E-state index contributed by atoms with van der Waals surface area (Å²) in [5.74, 6) is -0.796. The van der Waals surface area contributed by atoms with Crippen LogP contribution in [0.15, 0.2) is 6.33 Å². The van der Waals surface area contributed by atoms with Crippen LogP contribution in [0.25, 0.3) is 11.2 Å². The van der Waals surface area contributed by atoms with E-state index >= 15 is 0 Å². The number of anilines is 1. The smallest absolute Gasteiger partial charge is 0.264 e. The molecule has 0 saturated carbocycles. The van der Waals surface area contributed by atoms with Crippen molar-refractivity contribution < 1.29 is 26.8 Å². The van der Waals surface area contributed by atoms with Gasteiger partial charge in [-0.2, -0.15) is 8.42 Å². The molecule has 2 aromatic rings. The molecule has 148 valence electrons. The third-order valence-corrected chi connectivity index (χ3v) is 5.18. The molecule has 0 aromatic carbocycles. The molecule has 0 aliphatic carbocycles. The first-order chi connectivity index (χ1) is 12.5. The molecule has 4 heterocycles. The van der Waals surface area contributed by atoms with Gasteiger partial charge in [-0.05, 0) is 13.8 Å². The maximum Gasteiger partial charge on any atom is 0.264 e. The molecule has 2 aliphatic rings. The van der Waals surface area contributed by atoms with E-state index in [4.69, 9.17) is 36.3 Å². The van der Waals surface area contributed by atoms with Gasteiger partial charge in [0.05, 0.1) is 19.2 Å². The van der Waals surface area contributed by atoms with Gasteiger partial charge in [-0.15, -0.1) is 0 Å². The van der Waals surface area contributed by atoms with Crippen molar-refractivity contribution in [3.05, 3.63) is 11.0 Å². The first-order valence-electron chi connectivity index (χ1n) is 8.12. The molecule has 4 rings (SSSR count). The zero-order valence-corrected chi connectivity index (χ0v) is 16.4. The lowest BCUT2D eigenvalue weighted by Crippen LogP contribution is -2.50. The fourth-order valence-corrected chi connectivity index (χ4v) is 4.16.